The van der Waals surface area contributed by atoms with Gasteiger partial charge in [-0.2, -0.15) is 0 Å². The van der Waals surface area contributed by atoms with Crippen LogP contribution in [-0.2, 0) is 22.4 Å². The molecule has 3 aromatic carbocycles. The molecule has 8 heteroatoms. The zero-order valence-corrected chi connectivity index (χ0v) is 22.4. The lowest BCUT2D eigenvalue weighted by atomic mass is 9.93. The molecule has 0 radical (unpaired) electrons. The molecule has 0 saturated carbocycles. The summed E-state index contributed by atoms with van der Waals surface area (Å²) in [5.74, 6) is 0.236. The predicted molar refractivity (Wildman–Crippen MR) is 145 cm³/mol. The first-order valence-electron chi connectivity index (χ1n) is 12.8. The number of aliphatic hydroxyl groups is 1. The first kappa shape index (κ1) is 26.2. The summed E-state index contributed by atoms with van der Waals surface area (Å²) in [5.41, 5.74) is 2.97. The molecule has 39 heavy (non-hydrogen) atoms. The molecule has 0 spiro atoms. The summed E-state index contributed by atoms with van der Waals surface area (Å²) in [4.78, 5) is 28.5. The smallest absolute Gasteiger partial charge is 0.295 e. The van der Waals surface area contributed by atoms with Gasteiger partial charge in [0, 0.05) is 18.5 Å². The van der Waals surface area contributed by atoms with Crippen molar-refractivity contribution in [2.75, 3.05) is 27.9 Å². The van der Waals surface area contributed by atoms with E-state index < -0.39 is 17.7 Å². The van der Waals surface area contributed by atoms with Gasteiger partial charge in [-0.3, -0.25) is 9.59 Å². The van der Waals surface area contributed by atoms with Crippen LogP contribution in [0.25, 0.3) is 5.76 Å². The van der Waals surface area contributed by atoms with Crippen LogP contribution < -0.4 is 18.9 Å². The minimum absolute atomic E-state index is 0.00856. The van der Waals surface area contributed by atoms with Crippen LogP contribution in [0.2, 0.25) is 0 Å². The Morgan fingerprint density at radius 1 is 0.974 bits per heavy atom. The van der Waals surface area contributed by atoms with Crippen molar-refractivity contribution in [2.45, 2.75) is 31.9 Å². The molecule has 2 atom stereocenters. The molecule has 0 bridgehead atoms. The number of rotatable bonds is 8. The van der Waals surface area contributed by atoms with E-state index in [0.717, 1.165) is 16.9 Å². The largest absolute Gasteiger partial charge is 0.507 e. The number of carbonyl (C=O) groups excluding carboxylic acids is 2. The number of benzene rings is 3. The Bertz CT molecular complexity index is 1420. The predicted octanol–water partition coefficient (Wildman–Crippen LogP) is 4.70. The monoisotopic (exact) mass is 529 g/mol. The lowest BCUT2D eigenvalue weighted by molar-refractivity contribution is -0.139. The molecular weight excluding hydrogens is 498 g/mol. The molecule has 5 rings (SSSR count). The molecule has 2 aliphatic heterocycles. The highest BCUT2D eigenvalue weighted by Crippen LogP contribution is 2.46. The van der Waals surface area contributed by atoms with Crippen LogP contribution in [0, 0.1) is 0 Å². The fourth-order valence-electron chi connectivity index (χ4n) is 5.34. The van der Waals surface area contributed by atoms with Crippen molar-refractivity contribution in [2.24, 2.45) is 0 Å². The van der Waals surface area contributed by atoms with E-state index in [4.69, 9.17) is 18.9 Å². The summed E-state index contributed by atoms with van der Waals surface area (Å²) in [7, 11) is 4.51. The molecular formula is C31H31NO7. The molecule has 1 N–H and O–H groups in total. The van der Waals surface area contributed by atoms with Gasteiger partial charge < -0.3 is 29.0 Å². The zero-order valence-electron chi connectivity index (χ0n) is 22.4. The number of fused-ring (bicyclic) bond motifs is 1. The Hall–Kier alpha value is -4.46. The molecule has 2 aliphatic rings. The van der Waals surface area contributed by atoms with Crippen molar-refractivity contribution in [1.29, 1.82) is 0 Å². The summed E-state index contributed by atoms with van der Waals surface area (Å²) < 4.78 is 22.4. The number of methoxy groups -OCH3 is 3. The first-order valence-corrected chi connectivity index (χ1v) is 12.8. The van der Waals surface area contributed by atoms with E-state index in [2.05, 4.69) is 0 Å². The lowest BCUT2D eigenvalue weighted by Gasteiger charge is -2.26. The molecule has 3 aromatic rings. The maximum absolute atomic E-state index is 13.5. The van der Waals surface area contributed by atoms with Gasteiger partial charge in [0.15, 0.2) is 11.5 Å². The molecule has 1 amide bonds. The third kappa shape index (κ3) is 4.78. The Morgan fingerprint density at radius 3 is 2.31 bits per heavy atom. The van der Waals surface area contributed by atoms with Gasteiger partial charge >= 0.3 is 0 Å². The van der Waals surface area contributed by atoms with Crippen LogP contribution in [0.1, 0.15) is 35.2 Å². The highest BCUT2D eigenvalue weighted by molar-refractivity contribution is 6.46. The van der Waals surface area contributed by atoms with Gasteiger partial charge in [0.05, 0.1) is 32.9 Å². The van der Waals surface area contributed by atoms with Crippen molar-refractivity contribution in [3.63, 3.8) is 0 Å². The van der Waals surface area contributed by atoms with Crippen molar-refractivity contribution in [3.05, 3.63) is 88.5 Å². The van der Waals surface area contributed by atoms with Crippen LogP contribution in [0.3, 0.4) is 0 Å². The number of ether oxygens (including phenoxy) is 4. The van der Waals surface area contributed by atoms with E-state index in [9.17, 15) is 14.7 Å². The Balaban J connectivity index is 1.65. The quantitative estimate of drug-likeness (QED) is 0.257. The van der Waals surface area contributed by atoms with Crippen molar-refractivity contribution in [3.8, 4) is 23.0 Å². The fraction of sp³-hybridized carbons (Fsp3) is 0.290. The highest BCUT2D eigenvalue weighted by atomic mass is 16.5. The topological polar surface area (TPSA) is 94.5 Å². The maximum atomic E-state index is 13.5. The van der Waals surface area contributed by atoms with Gasteiger partial charge in [-0.1, -0.05) is 30.3 Å². The third-order valence-electron chi connectivity index (χ3n) is 7.20. The SMILES string of the molecule is COc1cc(C2/C(=C(/O)c3ccc4c(c3)CC(C)O4)C(=O)C(=O)N2CCc2ccccc2)cc(OC)c1OC. The second kappa shape index (κ2) is 10.7. The Labute approximate surface area is 227 Å². The van der Waals surface area contributed by atoms with E-state index in [0.29, 0.717) is 41.2 Å². The zero-order chi connectivity index (χ0) is 27.7. The second-order valence-electron chi connectivity index (χ2n) is 9.64. The molecule has 0 aromatic heterocycles. The van der Waals surface area contributed by atoms with Gasteiger partial charge in [0.1, 0.15) is 17.6 Å². The van der Waals surface area contributed by atoms with Gasteiger partial charge in [0.2, 0.25) is 5.75 Å². The maximum Gasteiger partial charge on any atom is 0.295 e. The lowest BCUT2D eigenvalue weighted by Crippen LogP contribution is -2.31. The van der Waals surface area contributed by atoms with E-state index >= 15 is 0 Å². The van der Waals surface area contributed by atoms with Crippen LogP contribution >= 0.6 is 0 Å². The standard InChI is InChI=1S/C31H31NO7/c1-18-14-21-15-20(10-11-23(21)39-18)28(33)26-27(22-16-24(36-2)30(38-4)25(17-22)37-3)32(31(35)29(26)34)13-12-19-8-6-5-7-9-19/h5-11,15-18,27,33H,12-14H2,1-4H3/b28-26-. The number of hydrogen-bond donors (Lipinski definition) is 1. The average Bonchev–Trinajstić information content (AvgIpc) is 3.46. The molecule has 1 fully saturated rings. The number of Topliss-reactive ketones (excluding diaryl/α,β-unsaturated/α-hetero) is 1. The molecule has 0 aliphatic carbocycles. The molecule has 1 saturated heterocycles. The number of nitrogens with zero attached hydrogens (tertiary/aromatic N) is 1. The summed E-state index contributed by atoms with van der Waals surface area (Å²) in [6.07, 6.45) is 1.25. The van der Waals surface area contributed by atoms with Crippen molar-refractivity contribution < 1.29 is 33.6 Å². The van der Waals surface area contributed by atoms with Crippen LogP contribution in [0.5, 0.6) is 23.0 Å². The first-order chi connectivity index (χ1) is 18.9. The van der Waals surface area contributed by atoms with E-state index in [1.54, 1.807) is 24.3 Å². The Morgan fingerprint density at radius 2 is 1.67 bits per heavy atom. The number of hydrogen-bond acceptors (Lipinski definition) is 7. The van der Waals surface area contributed by atoms with Crippen LogP contribution in [0.15, 0.2) is 66.2 Å². The normalized spacial score (nSPS) is 19.5. The van der Waals surface area contributed by atoms with E-state index in [-0.39, 0.29) is 24.0 Å². The summed E-state index contributed by atoms with van der Waals surface area (Å²) in [5, 5.41) is 11.5. The molecule has 2 unspecified atom stereocenters. The van der Waals surface area contributed by atoms with Gasteiger partial charge in [0.25, 0.3) is 11.7 Å². The van der Waals surface area contributed by atoms with Crippen molar-refractivity contribution >= 4 is 17.4 Å². The number of ketones is 1. The van der Waals surface area contributed by atoms with Gasteiger partial charge in [-0.05, 0) is 60.4 Å². The fourth-order valence-corrected chi connectivity index (χ4v) is 5.34. The number of carbonyl (C=O) groups is 2. The average molecular weight is 530 g/mol. The number of amides is 1. The highest BCUT2D eigenvalue weighted by Gasteiger charge is 2.46. The second-order valence-corrected chi connectivity index (χ2v) is 9.64. The van der Waals surface area contributed by atoms with Gasteiger partial charge in [-0.25, -0.2) is 0 Å². The summed E-state index contributed by atoms with van der Waals surface area (Å²) >= 11 is 0. The summed E-state index contributed by atoms with van der Waals surface area (Å²) in [6.45, 7) is 2.24. The van der Waals surface area contributed by atoms with Crippen LogP contribution in [0.4, 0.5) is 0 Å². The number of aliphatic hydroxyl groups excluding tert-OH is 1. The number of likely N-dealkylation sites (tertiary alicyclic amines) is 1. The third-order valence-corrected chi connectivity index (χ3v) is 7.20. The van der Waals surface area contributed by atoms with E-state index in [1.165, 1.54) is 26.2 Å². The minimum Gasteiger partial charge on any atom is -0.507 e. The summed E-state index contributed by atoms with van der Waals surface area (Å²) in [6, 6.07) is 17.6. The molecule has 202 valence electrons. The Kier molecular flexibility index (Phi) is 7.19. The molecule has 2 heterocycles. The van der Waals surface area contributed by atoms with Crippen molar-refractivity contribution in [1.82, 2.24) is 4.90 Å². The van der Waals surface area contributed by atoms with Crippen LogP contribution in [-0.4, -0.2) is 55.7 Å². The van der Waals surface area contributed by atoms with E-state index in [1.807, 2.05) is 43.3 Å². The van der Waals surface area contributed by atoms with Gasteiger partial charge in [-0.15, -0.1) is 0 Å². The minimum atomic E-state index is -0.870. The molecule has 8 nitrogen and oxygen atoms in total.